The highest BCUT2D eigenvalue weighted by atomic mass is 16.4. The lowest BCUT2D eigenvalue weighted by Gasteiger charge is -2.72. The zero-order chi connectivity index (χ0) is 34.9. The van der Waals surface area contributed by atoms with Crippen LogP contribution >= 0.6 is 0 Å². The molecule has 6 rings (SSSR count). The van der Waals surface area contributed by atoms with E-state index in [2.05, 4.69) is 58.8 Å². The maximum atomic E-state index is 14.6. The fraction of sp³-hybridized carbons (Fsp3) is 0.732. The number of fused-ring (bicyclic) bond motifs is 7. The third-order valence-electron chi connectivity index (χ3n) is 15.8. The summed E-state index contributed by atoms with van der Waals surface area (Å²) >= 11 is 0. The van der Waals surface area contributed by atoms with E-state index in [9.17, 15) is 19.5 Å². The predicted molar refractivity (Wildman–Crippen MR) is 188 cm³/mol. The summed E-state index contributed by atoms with van der Waals surface area (Å²) in [6.45, 7) is 19.5. The maximum absolute atomic E-state index is 14.6. The monoisotopic (exact) mass is 660 g/mol. The summed E-state index contributed by atoms with van der Waals surface area (Å²) < 4.78 is 0. The minimum Gasteiger partial charge on any atom is -0.481 e. The highest BCUT2D eigenvalue weighted by molar-refractivity contribution is 5.94. The lowest BCUT2D eigenvalue weighted by atomic mass is 9.32. The van der Waals surface area contributed by atoms with Gasteiger partial charge in [-0.25, -0.2) is 0 Å². The van der Waals surface area contributed by atoms with Crippen molar-refractivity contribution in [3.05, 3.63) is 47.5 Å². The van der Waals surface area contributed by atoms with Gasteiger partial charge in [0, 0.05) is 18.7 Å². The van der Waals surface area contributed by atoms with Crippen LogP contribution in [0.25, 0.3) is 0 Å². The van der Waals surface area contributed by atoms with E-state index in [4.69, 9.17) is 5.11 Å². The van der Waals surface area contributed by atoms with Crippen LogP contribution in [0.5, 0.6) is 0 Å². The third-order valence-corrected chi connectivity index (χ3v) is 15.8. The quantitative estimate of drug-likeness (QED) is 0.215. The van der Waals surface area contributed by atoms with Gasteiger partial charge < -0.3 is 20.8 Å². The molecule has 0 aliphatic heterocycles. The van der Waals surface area contributed by atoms with Crippen LogP contribution in [-0.2, 0) is 16.1 Å². The molecular formula is C41H60N2O5. The fourth-order valence-electron chi connectivity index (χ4n) is 13.1. The van der Waals surface area contributed by atoms with Gasteiger partial charge in [-0.15, -0.1) is 0 Å². The van der Waals surface area contributed by atoms with Crippen molar-refractivity contribution in [2.75, 3.05) is 6.54 Å². The first-order chi connectivity index (χ1) is 22.5. The molecule has 10 atom stereocenters. The Labute approximate surface area is 288 Å². The molecular weight excluding hydrogens is 600 g/mol. The number of nitrogens with one attached hydrogen (secondary N) is 2. The van der Waals surface area contributed by atoms with Gasteiger partial charge >= 0.3 is 5.97 Å². The molecule has 0 heterocycles. The number of allylic oxidation sites excluding steroid dienone is 1. The van der Waals surface area contributed by atoms with Crippen molar-refractivity contribution in [1.82, 2.24) is 10.6 Å². The Kier molecular flexibility index (Phi) is 9.00. The molecule has 1 aromatic carbocycles. The van der Waals surface area contributed by atoms with Gasteiger partial charge in [0.1, 0.15) is 0 Å². The predicted octanol–water partition coefficient (Wildman–Crippen LogP) is 7.53. The number of rotatable bonds is 8. The number of carbonyl (C=O) groups excluding carboxylic acids is 2. The Balaban J connectivity index is 1.24. The van der Waals surface area contributed by atoms with Gasteiger partial charge in [0.25, 0.3) is 5.91 Å². The van der Waals surface area contributed by atoms with Gasteiger partial charge in [-0.3, -0.25) is 14.4 Å². The number of carbonyl (C=O) groups is 3. The Bertz CT molecular complexity index is 1470. The Hall–Kier alpha value is -2.67. The number of amides is 2. The Morgan fingerprint density at radius 1 is 0.875 bits per heavy atom. The second-order valence-corrected chi connectivity index (χ2v) is 18.0. The highest BCUT2D eigenvalue weighted by Gasteiger charge is 2.71. The SMILES string of the molecule is C=C(C)[C@@H]1CC[C@]2(C(=O)NCc3cccc(C(=O)NCCC(=O)O)c3)CC[C@]3(C)C(CCC4[C@@]5(C)CC[C@H](O)C(C)(C)C5CC[C@]43C)C12. The Morgan fingerprint density at radius 3 is 2.33 bits per heavy atom. The van der Waals surface area contributed by atoms with Crippen molar-refractivity contribution in [2.24, 2.45) is 56.7 Å². The molecule has 4 unspecified atom stereocenters. The number of carboxylic acid groups (broad SMARTS) is 1. The second-order valence-electron chi connectivity index (χ2n) is 18.0. The first-order valence-corrected chi connectivity index (χ1v) is 18.7. The smallest absolute Gasteiger partial charge is 0.305 e. The summed E-state index contributed by atoms with van der Waals surface area (Å²) in [6.07, 6.45) is 10.3. The molecule has 0 bridgehead atoms. The van der Waals surface area contributed by atoms with E-state index < -0.39 is 11.4 Å². The van der Waals surface area contributed by atoms with E-state index in [1.165, 1.54) is 24.8 Å². The van der Waals surface area contributed by atoms with Gasteiger partial charge in [-0.2, -0.15) is 0 Å². The topological polar surface area (TPSA) is 116 Å². The van der Waals surface area contributed by atoms with Crippen molar-refractivity contribution in [1.29, 1.82) is 0 Å². The number of aliphatic hydroxyl groups is 1. The molecule has 0 radical (unpaired) electrons. The largest absolute Gasteiger partial charge is 0.481 e. The zero-order valence-electron chi connectivity index (χ0n) is 30.3. The number of benzene rings is 1. The molecule has 5 fully saturated rings. The van der Waals surface area contributed by atoms with Crippen LogP contribution < -0.4 is 10.6 Å². The number of aliphatic carboxylic acids is 1. The summed E-state index contributed by atoms with van der Waals surface area (Å²) in [5.41, 5.74) is 2.61. The maximum Gasteiger partial charge on any atom is 0.305 e. The van der Waals surface area contributed by atoms with E-state index in [1.807, 2.05) is 12.1 Å². The average Bonchev–Trinajstić information content (AvgIpc) is 3.43. The lowest BCUT2D eigenvalue weighted by molar-refractivity contribution is -0.246. The summed E-state index contributed by atoms with van der Waals surface area (Å²) in [6, 6.07) is 7.25. The summed E-state index contributed by atoms with van der Waals surface area (Å²) in [7, 11) is 0. The van der Waals surface area contributed by atoms with E-state index >= 15 is 0 Å². The number of aliphatic hydroxyl groups excluding tert-OH is 1. The number of carboxylic acids is 1. The molecule has 7 heteroatoms. The van der Waals surface area contributed by atoms with Crippen molar-refractivity contribution >= 4 is 17.8 Å². The molecule has 5 aliphatic rings. The van der Waals surface area contributed by atoms with Crippen molar-refractivity contribution in [2.45, 2.75) is 125 Å². The first kappa shape index (κ1) is 35.2. The molecule has 0 saturated heterocycles. The molecule has 7 nitrogen and oxygen atoms in total. The van der Waals surface area contributed by atoms with Gasteiger partial charge in [0.15, 0.2) is 0 Å². The van der Waals surface area contributed by atoms with Crippen LogP contribution in [0.2, 0.25) is 0 Å². The number of hydrogen-bond acceptors (Lipinski definition) is 4. The van der Waals surface area contributed by atoms with E-state index in [-0.39, 0.29) is 58.5 Å². The second kappa shape index (κ2) is 12.3. The van der Waals surface area contributed by atoms with Crippen molar-refractivity contribution in [3.63, 3.8) is 0 Å². The van der Waals surface area contributed by atoms with Crippen LogP contribution in [0.15, 0.2) is 36.4 Å². The van der Waals surface area contributed by atoms with Gasteiger partial charge in [-0.05, 0) is 140 Å². The molecule has 0 aromatic heterocycles. The molecule has 5 saturated carbocycles. The molecule has 5 aliphatic carbocycles. The van der Waals surface area contributed by atoms with E-state index in [1.54, 1.807) is 12.1 Å². The molecule has 48 heavy (non-hydrogen) atoms. The van der Waals surface area contributed by atoms with E-state index in [0.29, 0.717) is 35.8 Å². The third kappa shape index (κ3) is 5.27. The zero-order valence-corrected chi connectivity index (χ0v) is 30.3. The summed E-state index contributed by atoms with van der Waals surface area (Å²) in [4.78, 5) is 38.0. The van der Waals surface area contributed by atoms with Gasteiger partial charge in [-0.1, -0.05) is 58.9 Å². The van der Waals surface area contributed by atoms with E-state index in [0.717, 1.165) is 50.5 Å². The van der Waals surface area contributed by atoms with Crippen LogP contribution in [0, 0.1) is 56.7 Å². The van der Waals surface area contributed by atoms with Crippen LogP contribution in [-0.4, -0.2) is 40.6 Å². The summed E-state index contributed by atoms with van der Waals surface area (Å²) in [5, 5.41) is 26.0. The van der Waals surface area contributed by atoms with Crippen LogP contribution in [0.4, 0.5) is 0 Å². The number of hydrogen-bond donors (Lipinski definition) is 4. The average molecular weight is 661 g/mol. The molecule has 2 amide bonds. The fourth-order valence-corrected chi connectivity index (χ4v) is 13.1. The first-order valence-electron chi connectivity index (χ1n) is 18.7. The van der Waals surface area contributed by atoms with Crippen molar-refractivity contribution in [3.8, 4) is 0 Å². The molecule has 0 spiro atoms. The minimum atomic E-state index is -0.953. The molecule has 1 aromatic rings. The van der Waals surface area contributed by atoms with Gasteiger partial charge in [0.05, 0.1) is 17.9 Å². The summed E-state index contributed by atoms with van der Waals surface area (Å²) in [5.74, 6) is 1.12. The van der Waals surface area contributed by atoms with Crippen molar-refractivity contribution < 1.29 is 24.6 Å². The van der Waals surface area contributed by atoms with Gasteiger partial charge in [0.2, 0.25) is 5.91 Å². The molecule has 4 N–H and O–H groups in total. The Morgan fingerprint density at radius 2 is 1.62 bits per heavy atom. The van der Waals surface area contributed by atoms with Crippen LogP contribution in [0.1, 0.15) is 128 Å². The normalized spacial score (nSPS) is 41.1. The lowest BCUT2D eigenvalue weighted by Crippen LogP contribution is -2.67. The highest BCUT2D eigenvalue weighted by Crippen LogP contribution is 2.77. The van der Waals surface area contributed by atoms with Crippen LogP contribution in [0.3, 0.4) is 0 Å². The molecule has 264 valence electrons. The standard InChI is InChI=1S/C41H60N2O5/c1-25(2)28-13-19-41(36(48)43-24-26-9-8-10-27(23-26)35(47)42-22-16-33(45)46)21-20-39(6)29(34(28)41)11-12-31-38(5)17-15-32(44)37(3,4)30(38)14-18-40(31,39)7/h8-10,23,28-32,34,44H,1,11-22,24H2,2-7H3,(H,42,47)(H,43,48)(H,45,46)/t28-,29?,30?,31?,32-,34?,38-,39+,40+,41-/m0/s1. The minimum absolute atomic E-state index is 0.0634.